The van der Waals surface area contributed by atoms with Crippen molar-refractivity contribution in [2.75, 3.05) is 0 Å². The monoisotopic (exact) mass is 271 g/mol. The second kappa shape index (κ2) is 4.89. The van der Waals surface area contributed by atoms with Gasteiger partial charge in [-0.25, -0.2) is 4.98 Å². The second-order valence-electron chi connectivity index (χ2n) is 5.47. The lowest BCUT2D eigenvalue weighted by Crippen LogP contribution is -2.13. The molecule has 2 unspecified atom stereocenters. The van der Waals surface area contributed by atoms with Crippen molar-refractivity contribution in [2.45, 2.75) is 32.6 Å². The molecule has 0 radical (unpaired) electrons. The van der Waals surface area contributed by atoms with E-state index in [0.717, 1.165) is 17.7 Å². The number of nitrogens with zero attached hydrogens (tertiary/aromatic N) is 1. The Hall–Kier alpha value is -1.48. The fraction of sp³-hybridized carbons (Fsp3) is 0.375. The minimum atomic E-state index is 0.0554. The number of ketones is 1. The van der Waals surface area contributed by atoms with Crippen LogP contribution in [-0.2, 0) is 6.42 Å². The molecule has 0 spiro atoms. The molecule has 1 aliphatic carbocycles. The lowest BCUT2D eigenvalue weighted by Gasteiger charge is -2.22. The molecule has 1 aromatic carbocycles. The molecule has 0 bridgehead atoms. The van der Waals surface area contributed by atoms with E-state index in [4.69, 9.17) is 0 Å². The van der Waals surface area contributed by atoms with E-state index >= 15 is 0 Å². The van der Waals surface area contributed by atoms with Crippen molar-refractivity contribution >= 4 is 17.1 Å². The summed E-state index contributed by atoms with van der Waals surface area (Å²) >= 11 is 1.59. The topological polar surface area (TPSA) is 30.0 Å². The van der Waals surface area contributed by atoms with E-state index < -0.39 is 0 Å². The summed E-state index contributed by atoms with van der Waals surface area (Å²) in [4.78, 5) is 18.3. The van der Waals surface area contributed by atoms with Gasteiger partial charge < -0.3 is 0 Å². The zero-order chi connectivity index (χ0) is 13.4. The Labute approximate surface area is 117 Å². The standard InChI is InChI=1S/C16H17NOS/c1-10-8-11(2)15-13(9-10)17-16(19-15)14(18)12-6-4-3-5-7-12/h3-7,10-11H,8-9H2,1-2H3. The van der Waals surface area contributed by atoms with Gasteiger partial charge in [-0.2, -0.15) is 0 Å². The van der Waals surface area contributed by atoms with E-state index in [1.54, 1.807) is 11.3 Å². The fourth-order valence-electron chi connectivity index (χ4n) is 2.83. The first-order chi connectivity index (χ1) is 9.15. The molecule has 0 saturated carbocycles. The number of benzene rings is 1. The van der Waals surface area contributed by atoms with Crippen LogP contribution in [0.5, 0.6) is 0 Å². The second-order valence-corrected chi connectivity index (χ2v) is 6.50. The molecular formula is C16H17NOS. The average Bonchev–Trinajstić information content (AvgIpc) is 2.83. The molecule has 2 nitrogen and oxygen atoms in total. The highest BCUT2D eigenvalue weighted by atomic mass is 32.1. The Morgan fingerprint density at radius 3 is 2.74 bits per heavy atom. The third kappa shape index (κ3) is 2.35. The minimum absolute atomic E-state index is 0.0554. The number of rotatable bonds is 2. The molecule has 0 amide bonds. The molecule has 2 atom stereocenters. The first-order valence-electron chi connectivity index (χ1n) is 6.74. The van der Waals surface area contributed by atoms with Gasteiger partial charge in [-0.05, 0) is 24.7 Å². The van der Waals surface area contributed by atoms with E-state index in [9.17, 15) is 4.79 Å². The summed E-state index contributed by atoms with van der Waals surface area (Å²) in [5, 5.41) is 0.650. The first-order valence-corrected chi connectivity index (χ1v) is 7.56. The van der Waals surface area contributed by atoms with Gasteiger partial charge >= 0.3 is 0 Å². The number of fused-ring (bicyclic) bond motifs is 1. The van der Waals surface area contributed by atoms with Crippen LogP contribution in [0.1, 0.15) is 52.1 Å². The minimum Gasteiger partial charge on any atom is -0.286 e. The van der Waals surface area contributed by atoms with Gasteiger partial charge in [0.05, 0.1) is 5.69 Å². The predicted octanol–water partition coefficient (Wildman–Crippen LogP) is 4.06. The quantitative estimate of drug-likeness (QED) is 0.771. The Kier molecular flexibility index (Phi) is 3.23. The van der Waals surface area contributed by atoms with Crippen molar-refractivity contribution in [3.8, 4) is 0 Å². The maximum atomic E-state index is 12.4. The van der Waals surface area contributed by atoms with E-state index in [1.165, 1.54) is 11.3 Å². The zero-order valence-corrected chi connectivity index (χ0v) is 12.0. The van der Waals surface area contributed by atoms with Gasteiger partial charge in [-0.3, -0.25) is 4.79 Å². The fourth-order valence-corrected chi connectivity index (χ4v) is 3.95. The smallest absolute Gasteiger partial charge is 0.221 e. The van der Waals surface area contributed by atoms with Gasteiger partial charge in [0, 0.05) is 10.4 Å². The van der Waals surface area contributed by atoms with Crippen molar-refractivity contribution < 1.29 is 4.79 Å². The lowest BCUT2D eigenvalue weighted by atomic mass is 9.86. The highest BCUT2D eigenvalue weighted by molar-refractivity contribution is 7.14. The summed E-state index contributed by atoms with van der Waals surface area (Å²) in [7, 11) is 0. The lowest BCUT2D eigenvalue weighted by molar-refractivity contribution is 0.103. The largest absolute Gasteiger partial charge is 0.286 e. The number of thiazole rings is 1. The van der Waals surface area contributed by atoms with Crippen molar-refractivity contribution in [3.63, 3.8) is 0 Å². The summed E-state index contributed by atoms with van der Waals surface area (Å²) in [5.41, 5.74) is 1.88. The Bertz CT molecular complexity index is 602. The van der Waals surface area contributed by atoms with Crippen LogP contribution in [0.3, 0.4) is 0 Å². The molecule has 1 aromatic heterocycles. The van der Waals surface area contributed by atoms with Crippen LogP contribution < -0.4 is 0 Å². The number of carbonyl (C=O) groups excluding carboxylic acids is 1. The van der Waals surface area contributed by atoms with E-state index in [2.05, 4.69) is 18.8 Å². The van der Waals surface area contributed by atoms with E-state index in [-0.39, 0.29) is 5.78 Å². The van der Waals surface area contributed by atoms with Crippen LogP contribution in [-0.4, -0.2) is 10.8 Å². The highest BCUT2D eigenvalue weighted by Crippen LogP contribution is 2.38. The maximum absolute atomic E-state index is 12.4. The maximum Gasteiger partial charge on any atom is 0.221 e. The number of aromatic nitrogens is 1. The Morgan fingerprint density at radius 1 is 1.26 bits per heavy atom. The van der Waals surface area contributed by atoms with E-state index in [0.29, 0.717) is 16.8 Å². The van der Waals surface area contributed by atoms with Crippen LogP contribution in [0, 0.1) is 5.92 Å². The van der Waals surface area contributed by atoms with Gasteiger partial charge in [0.15, 0.2) is 5.01 Å². The van der Waals surface area contributed by atoms with Crippen LogP contribution in [0.25, 0.3) is 0 Å². The molecule has 3 rings (SSSR count). The SMILES string of the molecule is CC1Cc2nc(C(=O)c3ccccc3)sc2C(C)C1. The Morgan fingerprint density at radius 2 is 2.00 bits per heavy atom. The van der Waals surface area contributed by atoms with Gasteiger partial charge in [-0.15, -0.1) is 11.3 Å². The molecular weight excluding hydrogens is 254 g/mol. The predicted molar refractivity (Wildman–Crippen MR) is 77.9 cm³/mol. The third-order valence-electron chi connectivity index (χ3n) is 3.70. The molecule has 98 valence electrons. The molecule has 19 heavy (non-hydrogen) atoms. The van der Waals surface area contributed by atoms with Crippen LogP contribution in [0.15, 0.2) is 30.3 Å². The van der Waals surface area contributed by atoms with Gasteiger partial charge in [0.2, 0.25) is 5.78 Å². The third-order valence-corrected chi connectivity index (χ3v) is 5.03. The number of hydrogen-bond donors (Lipinski definition) is 0. The summed E-state index contributed by atoms with van der Waals surface area (Å²) in [5.74, 6) is 1.26. The number of hydrogen-bond acceptors (Lipinski definition) is 3. The summed E-state index contributed by atoms with van der Waals surface area (Å²) in [6, 6.07) is 9.42. The van der Waals surface area contributed by atoms with Gasteiger partial charge in [0.1, 0.15) is 0 Å². The molecule has 2 aromatic rings. The van der Waals surface area contributed by atoms with Crippen molar-refractivity contribution in [1.29, 1.82) is 0 Å². The van der Waals surface area contributed by atoms with Crippen molar-refractivity contribution in [2.24, 2.45) is 5.92 Å². The van der Waals surface area contributed by atoms with Crippen molar-refractivity contribution in [3.05, 3.63) is 51.5 Å². The van der Waals surface area contributed by atoms with Gasteiger partial charge in [0.25, 0.3) is 0 Å². The summed E-state index contributed by atoms with van der Waals surface area (Å²) < 4.78 is 0. The average molecular weight is 271 g/mol. The van der Waals surface area contributed by atoms with E-state index in [1.807, 2.05) is 30.3 Å². The molecule has 1 aliphatic rings. The molecule has 1 heterocycles. The molecule has 0 saturated heterocycles. The highest BCUT2D eigenvalue weighted by Gasteiger charge is 2.27. The van der Waals surface area contributed by atoms with Crippen molar-refractivity contribution in [1.82, 2.24) is 4.98 Å². The number of carbonyl (C=O) groups is 1. The Balaban J connectivity index is 1.95. The molecule has 0 aliphatic heterocycles. The molecule has 0 N–H and O–H groups in total. The summed E-state index contributed by atoms with van der Waals surface area (Å²) in [6.07, 6.45) is 2.21. The van der Waals surface area contributed by atoms with Crippen LogP contribution in [0.4, 0.5) is 0 Å². The molecule has 3 heteroatoms. The van der Waals surface area contributed by atoms with Crippen LogP contribution >= 0.6 is 11.3 Å². The normalized spacial score (nSPS) is 22.0. The zero-order valence-electron chi connectivity index (χ0n) is 11.2. The molecule has 0 fully saturated rings. The first kappa shape index (κ1) is 12.5. The van der Waals surface area contributed by atoms with Gasteiger partial charge in [-0.1, -0.05) is 44.2 Å². The summed E-state index contributed by atoms with van der Waals surface area (Å²) in [6.45, 7) is 4.50. The van der Waals surface area contributed by atoms with Crippen LogP contribution in [0.2, 0.25) is 0 Å².